The molecule has 1 aliphatic rings. The molecule has 4 nitrogen and oxygen atoms in total. The number of carbonyl (C=O) groups excluding carboxylic acids is 1. The predicted molar refractivity (Wildman–Crippen MR) is 74.5 cm³/mol. The van der Waals surface area contributed by atoms with E-state index in [-0.39, 0.29) is 11.9 Å². The third-order valence-corrected chi connectivity index (χ3v) is 3.36. The lowest BCUT2D eigenvalue weighted by Crippen LogP contribution is -2.46. The minimum Gasteiger partial charge on any atom is -0.397 e. The van der Waals surface area contributed by atoms with Crippen molar-refractivity contribution in [2.45, 2.75) is 38.8 Å². The lowest BCUT2D eigenvalue weighted by atomic mass is 10.2. The fraction of sp³-hybridized carbons (Fsp3) is 0.500. The fourth-order valence-electron chi connectivity index (χ4n) is 2.09. The number of amides is 1. The van der Waals surface area contributed by atoms with Crippen LogP contribution in [0.1, 0.15) is 26.7 Å². The van der Waals surface area contributed by atoms with Gasteiger partial charge in [-0.1, -0.05) is 12.1 Å². The predicted octanol–water partition coefficient (Wildman–Crippen LogP) is 1.76. The Morgan fingerprint density at radius 2 is 2.17 bits per heavy atom. The number of hydrogen-bond donors (Lipinski definition) is 2. The van der Waals surface area contributed by atoms with Gasteiger partial charge in [-0.25, -0.2) is 0 Å². The maximum absolute atomic E-state index is 12.1. The molecule has 1 saturated carbocycles. The Morgan fingerprint density at radius 1 is 1.50 bits per heavy atom. The molecule has 0 spiro atoms. The van der Waals surface area contributed by atoms with Crippen LogP contribution in [-0.4, -0.2) is 24.5 Å². The molecule has 1 aromatic carbocycles. The van der Waals surface area contributed by atoms with E-state index < -0.39 is 0 Å². The van der Waals surface area contributed by atoms with Crippen molar-refractivity contribution in [1.82, 2.24) is 5.32 Å². The Balaban J connectivity index is 2.11. The Morgan fingerprint density at radius 3 is 2.72 bits per heavy atom. The van der Waals surface area contributed by atoms with Crippen LogP contribution in [0.3, 0.4) is 0 Å². The largest absolute Gasteiger partial charge is 0.397 e. The second-order valence-electron chi connectivity index (χ2n) is 4.80. The number of anilines is 2. The maximum Gasteiger partial charge on any atom is 0.242 e. The molecule has 1 atom stereocenters. The van der Waals surface area contributed by atoms with Gasteiger partial charge in [0.25, 0.3) is 0 Å². The van der Waals surface area contributed by atoms with Crippen LogP contribution in [0.5, 0.6) is 0 Å². The molecule has 0 aromatic heterocycles. The molecule has 98 valence electrons. The highest BCUT2D eigenvalue weighted by atomic mass is 16.2. The molecule has 1 aromatic rings. The summed E-state index contributed by atoms with van der Waals surface area (Å²) in [7, 11) is 0. The van der Waals surface area contributed by atoms with Gasteiger partial charge >= 0.3 is 0 Å². The minimum absolute atomic E-state index is 0.0857. The number of likely N-dealkylation sites (N-methyl/N-ethyl adjacent to an activating group) is 1. The van der Waals surface area contributed by atoms with E-state index in [4.69, 9.17) is 5.73 Å². The van der Waals surface area contributed by atoms with Crippen molar-refractivity contribution >= 4 is 17.3 Å². The molecule has 0 saturated heterocycles. The summed E-state index contributed by atoms with van der Waals surface area (Å²) in [5, 5.41) is 3.04. The van der Waals surface area contributed by atoms with Crippen molar-refractivity contribution in [1.29, 1.82) is 0 Å². The van der Waals surface area contributed by atoms with E-state index in [2.05, 4.69) is 5.32 Å². The molecule has 1 fully saturated rings. The molecule has 1 amide bonds. The van der Waals surface area contributed by atoms with Crippen molar-refractivity contribution in [3.8, 4) is 0 Å². The first-order chi connectivity index (χ1) is 8.63. The molecular formula is C14H21N3O. The number of benzene rings is 1. The molecule has 2 rings (SSSR count). The molecule has 0 radical (unpaired) electrons. The highest BCUT2D eigenvalue weighted by Gasteiger charge is 2.28. The first kappa shape index (κ1) is 12.7. The van der Waals surface area contributed by atoms with E-state index in [1.54, 1.807) is 0 Å². The van der Waals surface area contributed by atoms with Gasteiger partial charge in [-0.15, -0.1) is 0 Å². The van der Waals surface area contributed by atoms with E-state index in [9.17, 15) is 4.79 Å². The third-order valence-electron chi connectivity index (χ3n) is 3.36. The van der Waals surface area contributed by atoms with Gasteiger partial charge in [0.05, 0.1) is 11.4 Å². The molecule has 3 N–H and O–H groups in total. The number of hydrogen-bond acceptors (Lipinski definition) is 3. The third kappa shape index (κ3) is 2.75. The number of carbonyl (C=O) groups is 1. The van der Waals surface area contributed by atoms with Crippen LogP contribution < -0.4 is 16.0 Å². The van der Waals surface area contributed by atoms with Gasteiger partial charge in [-0.05, 0) is 38.8 Å². The summed E-state index contributed by atoms with van der Waals surface area (Å²) in [5.74, 6) is 0.0857. The zero-order valence-electron chi connectivity index (χ0n) is 11.0. The van der Waals surface area contributed by atoms with Crippen molar-refractivity contribution in [3.63, 3.8) is 0 Å². The van der Waals surface area contributed by atoms with Gasteiger partial charge in [-0.3, -0.25) is 4.79 Å². The average Bonchev–Trinajstić information content (AvgIpc) is 3.16. The number of nitrogens with two attached hydrogens (primary N) is 1. The van der Waals surface area contributed by atoms with Crippen LogP contribution >= 0.6 is 0 Å². The van der Waals surface area contributed by atoms with Gasteiger partial charge in [0, 0.05) is 12.6 Å². The second-order valence-corrected chi connectivity index (χ2v) is 4.80. The van der Waals surface area contributed by atoms with Gasteiger partial charge in [0.1, 0.15) is 6.04 Å². The monoisotopic (exact) mass is 247 g/mol. The summed E-state index contributed by atoms with van der Waals surface area (Å²) < 4.78 is 0. The number of para-hydroxylation sites is 2. The zero-order chi connectivity index (χ0) is 13.1. The number of nitrogens with one attached hydrogen (secondary N) is 1. The van der Waals surface area contributed by atoms with Crippen LogP contribution in [0, 0.1) is 0 Å². The topological polar surface area (TPSA) is 58.4 Å². The van der Waals surface area contributed by atoms with Crippen LogP contribution in [0.4, 0.5) is 11.4 Å². The zero-order valence-corrected chi connectivity index (χ0v) is 11.0. The van der Waals surface area contributed by atoms with E-state index in [0.29, 0.717) is 11.7 Å². The Kier molecular flexibility index (Phi) is 3.75. The maximum atomic E-state index is 12.1. The van der Waals surface area contributed by atoms with Gasteiger partial charge < -0.3 is 16.0 Å². The first-order valence-electron chi connectivity index (χ1n) is 6.55. The van der Waals surface area contributed by atoms with E-state index in [1.165, 1.54) is 0 Å². The lowest BCUT2D eigenvalue weighted by molar-refractivity contribution is -0.122. The summed E-state index contributed by atoms with van der Waals surface area (Å²) in [6, 6.07) is 7.87. The molecule has 0 heterocycles. The summed E-state index contributed by atoms with van der Waals surface area (Å²) in [6.45, 7) is 4.72. The SMILES string of the molecule is CCN(c1ccccc1N)C(C)C(=O)NC1CC1. The van der Waals surface area contributed by atoms with Crippen molar-refractivity contribution in [3.05, 3.63) is 24.3 Å². The summed E-state index contributed by atoms with van der Waals surface area (Å²) in [6.07, 6.45) is 2.22. The smallest absolute Gasteiger partial charge is 0.242 e. The minimum atomic E-state index is -0.194. The van der Waals surface area contributed by atoms with Crippen LogP contribution in [0.2, 0.25) is 0 Å². The summed E-state index contributed by atoms with van der Waals surface area (Å²) in [4.78, 5) is 14.1. The van der Waals surface area contributed by atoms with Gasteiger partial charge in [0.15, 0.2) is 0 Å². The normalized spacial score (nSPS) is 16.1. The number of rotatable bonds is 5. The van der Waals surface area contributed by atoms with E-state index in [1.807, 2.05) is 43.0 Å². The first-order valence-corrected chi connectivity index (χ1v) is 6.55. The lowest BCUT2D eigenvalue weighted by Gasteiger charge is -2.30. The number of nitrogen functional groups attached to an aromatic ring is 1. The van der Waals surface area contributed by atoms with Crippen molar-refractivity contribution < 1.29 is 4.79 Å². The average molecular weight is 247 g/mol. The quantitative estimate of drug-likeness (QED) is 0.780. The van der Waals surface area contributed by atoms with Crippen LogP contribution in [0.25, 0.3) is 0 Å². The molecule has 0 aliphatic heterocycles. The molecule has 18 heavy (non-hydrogen) atoms. The highest BCUT2D eigenvalue weighted by molar-refractivity contribution is 5.86. The van der Waals surface area contributed by atoms with E-state index >= 15 is 0 Å². The fourth-order valence-corrected chi connectivity index (χ4v) is 2.09. The van der Waals surface area contributed by atoms with Crippen LogP contribution in [-0.2, 0) is 4.79 Å². The Labute approximate surface area is 108 Å². The molecular weight excluding hydrogens is 226 g/mol. The number of nitrogens with zero attached hydrogens (tertiary/aromatic N) is 1. The second kappa shape index (κ2) is 5.29. The van der Waals surface area contributed by atoms with Crippen molar-refractivity contribution in [2.75, 3.05) is 17.2 Å². The van der Waals surface area contributed by atoms with Crippen molar-refractivity contribution in [2.24, 2.45) is 0 Å². The summed E-state index contributed by atoms with van der Waals surface area (Å²) in [5.41, 5.74) is 7.62. The Bertz CT molecular complexity index is 429. The molecule has 1 unspecified atom stereocenters. The highest BCUT2D eigenvalue weighted by Crippen LogP contribution is 2.25. The van der Waals surface area contributed by atoms with Crippen LogP contribution in [0.15, 0.2) is 24.3 Å². The van der Waals surface area contributed by atoms with E-state index in [0.717, 1.165) is 25.1 Å². The standard InChI is InChI=1S/C14H21N3O/c1-3-17(13-7-5-4-6-12(13)15)10(2)14(18)16-11-8-9-11/h4-7,10-11H,3,8-9,15H2,1-2H3,(H,16,18). The molecule has 0 bridgehead atoms. The molecule has 4 heteroatoms. The summed E-state index contributed by atoms with van der Waals surface area (Å²) >= 11 is 0. The molecule has 1 aliphatic carbocycles. The van der Waals surface area contributed by atoms with Gasteiger partial charge in [0.2, 0.25) is 5.91 Å². The van der Waals surface area contributed by atoms with Gasteiger partial charge in [-0.2, -0.15) is 0 Å². The Hall–Kier alpha value is -1.71.